The van der Waals surface area contributed by atoms with E-state index in [2.05, 4.69) is 37.8 Å². The van der Waals surface area contributed by atoms with Crippen LogP contribution in [-0.4, -0.2) is 24.0 Å². The van der Waals surface area contributed by atoms with Gasteiger partial charge in [-0.2, -0.15) is 0 Å². The van der Waals surface area contributed by atoms with Crippen LogP contribution < -0.4 is 5.73 Å². The summed E-state index contributed by atoms with van der Waals surface area (Å²) < 4.78 is 0. The summed E-state index contributed by atoms with van der Waals surface area (Å²) in [6.07, 6.45) is 0. The minimum atomic E-state index is 0.355. The van der Waals surface area contributed by atoms with E-state index in [4.69, 9.17) is 5.73 Å². The second kappa shape index (κ2) is 4.24. The standard InChI is InChI=1S/C12H20N2S/c1-8-6-14(7-11(8)13)10(3)12-5-4-9(2)15-12/h4-5,8,10-11H,6-7,13H2,1-3H3. The normalized spacial score (nSPS) is 29.6. The first kappa shape index (κ1) is 11.1. The van der Waals surface area contributed by atoms with Gasteiger partial charge < -0.3 is 5.73 Å². The first-order chi connectivity index (χ1) is 7.08. The van der Waals surface area contributed by atoms with Crippen molar-refractivity contribution < 1.29 is 0 Å². The van der Waals surface area contributed by atoms with Crippen LogP contribution in [0.15, 0.2) is 12.1 Å². The average Bonchev–Trinajstić information content (AvgIpc) is 2.74. The van der Waals surface area contributed by atoms with Crippen LogP contribution in [0.4, 0.5) is 0 Å². The van der Waals surface area contributed by atoms with Crippen LogP contribution in [0.3, 0.4) is 0 Å². The Hall–Kier alpha value is -0.380. The number of nitrogens with zero attached hydrogens (tertiary/aromatic N) is 1. The smallest absolute Gasteiger partial charge is 0.0414 e. The topological polar surface area (TPSA) is 29.3 Å². The minimum absolute atomic E-state index is 0.355. The van der Waals surface area contributed by atoms with Crippen molar-refractivity contribution in [1.29, 1.82) is 0 Å². The molecule has 1 aliphatic heterocycles. The summed E-state index contributed by atoms with van der Waals surface area (Å²) in [4.78, 5) is 5.36. The largest absolute Gasteiger partial charge is 0.326 e. The van der Waals surface area contributed by atoms with Gasteiger partial charge in [-0.05, 0) is 31.9 Å². The molecule has 1 saturated heterocycles. The summed E-state index contributed by atoms with van der Waals surface area (Å²) in [5.41, 5.74) is 6.05. The summed E-state index contributed by atoms with van der Waals surface area (Å²) >= 11 is 1.90. The summed E-state index contributed by atoms with van der Waals surface area (Å²) in [6, 6.07) is 5.34. The summed E-state index contributed by atoms with van der Waals surface area (Å²) in [5, 5.41) is 0. The van der Waals surface area contributed by atoms with Crippen molar-refractivity contribution in [2.75, 3.05) is 13.1 Å². The Labute approximate surface area is 96.1 Å². The molecule has 3 unspecified atom stereocenters. The molecule has 2 heterocycles. The van der Waals surface area contributed by atoms with Crippen LogP contribution in [0.5, 0.6) is 0 Å². The first-order valence-electron chi connectivity index (χ1n) is 5.64. The maximum absolute atomic E-state index is 6.05. The van der Waals surface area contributed by atoms with Crippen molar-refractivity contribution in [1.82, 2.24) is 4.90 Å². The summed E-state index contributed by atoms with van der Waals surface area (Å²) in [5.74, 6) is 0.633. The molecular formula is C12H20N2S. The van der Waals surface area contributed by atoms with E-state index in [-0.39, 0.29) is 0 Å². The third-order valence-electron chi connectivity index (χ3n) is 3.42. The van der Waals surface area contributed by atoms with E-state index in [0.717, 1.165) is 13.1 Å². The number of aryl methyl sites for hydroxylation is 1. The molecule has 0 amide bonds. The Morgan fingerprint density at radius 3 is 2.67 bits per heavy atom. The highest BCUT2D eigenvalue weighted by molar-refractivity contribution is 7.12. The predicted octanol–water partition coefficient (Wildman–Crippen LogP) is 2.40. The van der Waals surface area contributed by atoms with Crippen molar-refractivity contribution in [2.24, 2.45) is 11.7 Å². The van der Waals surface area contributed by atoms with Gasteiger partial charge in [0.25, 0.3) is 0 Å². The molecule has 1 aliphatic rings. The molecule has 1 aromatic rings. The highest BCUT2D eigenvalue weighted by Gasteiger charge is 2.30. The maximum atomic E-state index is 6.05. The van der Waals surface area contributed by atoms with Crippen molar-refractivity contribution in [3.63, 3.8) is 0 Å². The van der Waals surface area contributed by atoms with Crippen molar-refractivity contribution in [2.45, 2.75) is 32.9 Å². The van der Waals surface area contributed by atoms with E-state index in [1.807, 2.05) is 11.3 Å². The van der Waals surface area contributed by atoms with Gasteiger partial charge in [-0.1, -0.05) is 6.92 Å². The van der Waals surface area contributed by atoms with E-state index in [1.165, 1.54) is 9.75 Å². The Morgan fingerprint density at radius 1 is 1.47 bits per heavy atom. The molecule has 0 bridgehead atoms. The number of thiophene rings is 1. The Morgan fingerprint density at radius 2 is 2.20 bits per heavy atom. The van der Waals surface area contributed by atoms with Crippen LogP contribution in [0.25, 0.3) is 0 Å². The number of rotatable bonds is 2. The maximum Gasteiger partial charge on any atom is 0.0414 e. The summed E-state index contributed by atoms with van der Waals surface area (Å²) in [6.45, 7) is 8.88. The average molecular weight is 224 g/mol. The molecule has 0 saturated carbocycles. The van der Waals surface area contributed by atoms with E-state index in [0.29, 0.717) is 18.0 Å². The molecular weight excluding hydrogens is 204 g/mol. The minimum Gasteiger partial charge on any atom is -0.326 e. The van der Waals surface area contributed by atoms with Crippen LogP contribution >= 0.6 is 11.3 Å². The zero-order valence-electron chi connectivity index (χ0n) is 9.73. The lowest BCUT2D eigenvalue weighted by atomic mass is 10.1. The highest BCUT2D eigenvalue weighted by Crippen LogP contribution is 2.30. The van der Waals surface area contributed by atoms with Gasteiger partial charge in [0.2, 0.25) is 0 Å². The molecule has 1 aromatic heterocycles. The fourth-order valence-corrected chi connectivity index (χ4v) is 3.17. The van der Waals surface area contributed by atoms with Gasteiger partial charge in [0.1, 0.15) is 0 Å². The molecule has 3 atom stereocenters. The van der Waals surface area contributed by atoms with E-state index in [9.17, 15) is 0 Å². The predicted molar refractivity (Wildman–Crippen MR) is 66.2 cm³/mol. The van der Waals surface area contributed by atoms with Crippen molar-refractivity contribution in [3.8, 4) is 0 Å². The van der Waals surface area contributed by atoms with Gasteiger partial charge in [0.05, 0.1) is 0 Å². The lowest BCUT2D eigenvalue weighted by molar-refractivity contribution is 0.257. The number of hydrogen-bond donors (Lipinski definition) is 1. The van der Waals surface area contributed by atoms with Gasteiger partial charge in [-0.25, -0.2) is 0 Å². The third-order valence-corrected chi connectivity index (χ3v) is 4.59. The van der Waals surface area contributed by atoms with Gasteiger partial charge in [0, 0.05) is 34.9 Å². The first-order valence-corrected chi connectivity index (χ1v) is 6.45. The number of hydrogen-bond acceptors (Lipinski definition) is 3. The second-order valence-electron chi connectivity index (χ2n) is 4.72. The van der Waals surface area contributed by atoms with Crippen molar-refractivity contribution >= 4 is 11.3 Å². The van der Waals surface area contributed by atoms with Gasteiger partial charge in [0.15, 0.2) is 0 Å². The lowest BCUT2D eigenvalue weighted by Crippen LogP contribution is -2.29. The SMILES string of the molecule is Cc1ccc(C(C)N2CC(C)C(N)C2)s1. The van der Waals surface area contributed by atoms with Crippen LogP contribution in [0.2, 0.25) is 0 Å². The molecule has 15 heavy (non-hydrogen) atoms. The van der Waals surface area contributed by atoms with Crippen LogP contribution in [0, 0.1) is 12.8 Å². The van der Waals surface area contributed by atoms with Gasteiger partial charge in [-0.3, -0.25) is 4.90 Å². The number of likely N-dealkylation sites (tertiary alicyclic amines) is 1. The van der Waals surface area contributed by atoms with Gasteiger partial charge >= 0.3 is 0 Å². The molecule has 0 spiro atoms. The molecule has 0 radical (unpaired) electrons. The van der Waals surface area contributed by atoms with E-state index >= 15 is 0 Å². The Bertz CT molecular complexity index is 324. The fourth-order valence-electron chi connectivity index (χ4n) is 2.20. The van der Waals surface area contributed by atoms with Gasteiger partial charge in [-0.15, -0.1) is 11.3 Å². The molecule has 84 valence electrons. The molecule has 1 fully saturated rings. The fraction of sp³-hybridized carbons (Fsp3) is 0.667. The zero-order chi connectivity index (χ0) is 11.0. The van der Waals surface area contributed by atoms with Crippen molar-refractivity contribution in [3.05, 3.63) is 21.9 Å². The molecule has 2 nitrogen and oxygen atoms in total. The quantitative estimate of drug-likeness (QED) is 0.836. The van der Waals surface area contributed by atoms with E-state index < -0.39 is 0 Å². The third kappa shape index (κ3) is 2.25. The Kier molecular flexibility index (Phi) is 3.14. The molecule has 0 aromatic carbocycles. The summed E-state index contributed by atoms with van der Waals surface area (Å²) in [7, 11) is 0. The second-order valence-corrected chi connectivity index (χ2v) is 6.04. The molecule has 2 rings (SSSR count). The Balaban J connectivity index is 2.06. The zero-order valence-corrected chi connectivity index (χ0v) is 10.6. The van der Waals surface area contributed by atoms with Crippen LogP contribution in [0.1, 0.15) is 29.6 Å². The molecule has 3 heteroatoms. The molecule has 2 N–H and O–H groups in total. The lowest BCUT2D eigenvalue weighted by Gasteiger charge is -2.22. The monoisotopic (exact) mass is 224 g/mol. The van der Waals surface area contributed by atoms with Crippen LogP contribution in [-0.2, 0) is 0 Å². The van der Waals surface area contributed by atoms with E-state index in [1.54, 1.807) is 0 Å². The highest BCUT2D eigenvalue weighted by atomic mass is 32.1. The number of nitrogens with two attached hydrogens (primary N) is 1. The molecule has 0 aliphatic carbocycles.